The third-order valence-corrected chi connectivity index (χ3v) is 1.84. The van der Waals surface area contributed by atoms with Gasteiger partial charge in [-0.1, -0.05) is 49.1 Å². The first kappa shape index (κ1) is 9.79. The fourth-order valence-corrected chi connectivity index (χ4v) is 1.11. The normalized spacial score (nSPS) is 15.8. The summed E-state index contributed by atoms with van der Waals surface area (Å²) < 4.78 is 0. The summed E-state index contributed by atoms with van der Waals surface area (Å²) in [6, 6.07) is 0. The fraction of sp³-hybridized carbons (Fsp3) is 0.154. The molecule has 1 aliphatic rings. The molecule has 0 spiro atoms. The fourth-order valence-electron chi connectivity index (χ4n) is 1.11. The van der Waals surface area contributed by atoms with Crippen molar-refractivity contribution in [3.63, 3.8) is 0 Å². The molecule has 13 heavy (non-hydrogen) atoms. The van der Waals surface area contributed by atoms with E-state index in [1.165, 1.54) is 11.1 Å². The van der Waals surface area contributed by atoms with Crippen LogP contribution in [0.1, 0.15) is 13.3 Å². The van der Waals surface area contributed by atoms with Gasteiger partial charge in [0.25, 0.3) is 0 Å². The molecule has 0 aromatic carbocycles. The highest BCUT2D eigenvalue weighted by Crippen LogP contribution is 2.21. The minimum absolute atomic E-state index is 1.02. The van der Waals surface area contributed by atoms with E-state index in [-0.39, 0.29) is 0 Å². The summed E-state index contributed by atoms with van der Waals surface area (Å²) in [5.74, 6) is 0. The third-order valence-electron chi connectivity index (χ3n) is 1.84. The Balaban J connectivity index is 2.15. The molecule has 67 valence electrons. The van der Waals surface area contributed by atoms with Crippen molar-refractivity contribution in [1.29, 1.82) is 0 Å². The summed E-state index contributed by atoms with van der Waals surface area (Å²) in [6.45, 7) is 5.70. The van der Waals surface area contributed by atoms with E-state index in [9.17, 15) is 0 Å². The molecular weight excluding hydrogens is 156 g/mol. The summed E-state index contributed by atoms with van der Waals surface area (Å²) in [4.78, 5) is 0. The Morgan fingerprint density at radius 3 is 2.69 bits per heavy atom. The second-order valence-electron chi connectivity index (χ2n) is 2.92. The van der Waals surface area contributed by atoms with Crippen LogP contribution in [0, 0.1) is 6.42 Å². The van der Waals surface area contributed by atoms with Crippen LogP contribution in [0.4, 0.5) is 0 Å². The van der Waals surface area contributed by atoms with Gasteiger partial charge in [-0.25, -0.2) is 0 Å². The molecule has 0 bridgehead atoms. The number of hydrogen-bond acceptors (Lipinski definition) is 0. The van der Waals surface area contributed by atoms with Crippen molar-refractivity contribution in [2.45, 2.75) is 13.3 Å². The van der Waals surface area contributed by atoms with Crippen LogP contribution >= 0.6 is 0 Å². The summed E-state index contributed by atoms with van der Waals surface area (Å²) in [6.07, 6.45) is 17.5. The zero-order chi connectivity index (χ0) is 9.52. The first-order valence-corrected chi connectivity index (χ1v) is 4.52. The van der Waals surface area contributed by atoms with Crippen LogP contribution in [0.25, 0.3) is 0 Å². The number of rotatable bonds is 5. The Bertz CT molecular complexity index is 285. The van der Waals surface area contributed by atoms with Crippen LogP contribution in [0.2, 0.25) is 0 Å². The van der Waals surface area contributed by atoms with Gasteiger partial charge in [0.05, 0.1) is 0 Å². The lowest BCUT2D eigenvalue weighted by molar-refractivity contribution is 1.23. The Morgan fingerprint density at radius 2 is 2.08 bits per heavy atom. The molecule has 1 radical (unpaired) electrons. The molecule has 0 nitrogen and oxygen atoms in total. The van der Waals surface area contributed by atoms with Crippen LogP contribution in [0.5, 0.6) is 0 Å². The summed E-state index contributed by atoms with van der Waals surface area (Å²) >= 11 is 0. The third kappa shape index (κ3) is 3.29. The Labute approximate surface area is 80.7 Å². The predicted molar refractivity (Wildman–Crippen MR) is 59.2 cm³/mol. The van der Waals surface area contributed by atoms with E-state index in [1.54, 1.807) is 0 Å². The molecule has 0 heterocycles. The quantitative estimate of drug-likeness (QED) is 0.590. The van der Waals surface area contributed by atoms with Crippen molar-refractivity contribution in [3.05, 3.63) is 66.7 Å². The van der Waals surface area contributed by atoms with Gasteiger partial charge in [-0.05, 0) is 24.5 Å². The van der Waals surface area contributed by atoms with Gasteiger partial charge in [0, 0.05) is 6.42 Å². The van der Waals surface area contributed by atoms with Crippen LogP contribution in [-0.2, 0) is 0 Å². The Morgan fingerprint density at radius 1 is 1.31 bits per heavy atom. The second-order valence-corrected chi connectivity index (χ2v) is 2.92. The first-order valence-electron chi connectivity index (χ1n) is 4.52. The zero-order valence-corrected chi connectivity index (χ0v) is 8.03. The van der Waals surface area contributed by atoms with Crippen LogP contribution < -0.4 is 0 Å². The van der Waals surface area contributed by atoms with Crippen molar-refractivity contribution < 1.29 is 0 Å². The van der Waals surface area contributed by atoms with Crippen molar-refractivity contribution in [2.75, 3.05) is 0 Å². The molecule has 0 N–H and O–H groups in total. The summed E-state index contributed by atoms with van der Waals surface area (Å²) in [5.41, 5.74) is 2.61. The lowest BCUT2D eigenvalue weighted by atomic mass is 9.96. The molecule has 0 amide bonds. The zero-order valence-electron chi connectivity index (χ0n) is 8.03. The molecule has 0 fully saturated rings. The number of allylic oxidation sites excluding steroid dienone is 9. The maximum atomic E-state index is 3.69. The molecule has 0 saturated carbocycles. The minimum Gasteiger partial charge on any atom is -0.0985 e. The monoisotopic (exact) mass is 171 g/mol. The predicted octanol–water partition coefficient (Wildman–Crippen LogP) is 3.77. The van der Waals surface area contributed by atoms with E-state index in [2.05, 4.69) is 30.9 Å². The minimum atomic E-state index is 1.02. The lowest BCUT2D eigenvalue weighted by Gasteiger charge is -2.09. The topological polar surface area (TPSA) is 0 Å². The van der Waals surface area contributed by atoms with E-state index in [4.69, 9.17) is 0 Å². The van der Waals surface area contributed by atoms with Crippen LogP contribution in [0.3, 0.4) is 0 Å². The molecule has 1 rings (SSSR count). The maximum Gasteiger partial charge on any atom is 0.00441 e. The van der Waals surface area contributed by atoms with E-state index in [0.717, 1.165) is 6.42 Å². The summed E-state index contributed by atoms with van der Waals surface area (Å²) in [5, 5.41) is 0. The van der Waals surface area contributed by atoms with Gasteiger partial charge in [-0.15, -0.1) is 0 Å². The maximum absolute atomic E-state index is 3.69. The Hall–Kier alpha value is -1.30. The lowest BCUT2D eigenvalue weighted by Crippen LogP contribution is -1.89. The highest BCUT2D eigenvalue weighted by atomic mass is 14.1. The average Bonchev–Trinajstić information content (AvgIpc) is 2.08. The first-order chi connectivity index (χ1) is 6.36. The molecule has 1 aliphatic carbocycles. The van der Waals surface area contributed by atoms with Gasteiger partial charge in [0.2, 0.25) is 0 Å². The molecule has 0 atom stereocenters. The van der Waals surface area contributed by atoms with Crippen molar-refractivity contribution in [1.82, 2.24) is 0 Å². The van der Waals surface area contributed by atoms with Crippen molar-refractivity contribution in [3.8, 4) is 0 Å². The molecule has 0 unspecified atom stereocenters. The molecule has 0 aliphatic heterocycles. The van der Waals surface area contributed by atoms with Gasteiger partial charge in [-0.2, -0.15) is 0 Å². The van der Waals surface area contributed by atoms with Crippen LogP contribution in [0.15, 0.2) is 60.3 Å². The highest BCUT2D eigenvalue weighted by Gasteiger charge is 2.01. The van der Waals surface area contributed by atoms with Gasteiger partial charge in [-0.3, -0.25) is 0 Å². The molecular formula is C13H15. The van der Waals surface area contributed by atoms with Gasteiger partial charge >= 0.3 is 0 Å². The van der Waals surface area contributed by atoms with E-state index in [1.807, 2.05) is 31.6 Å². The number of hydrogen-bond donors (Lipinski definition) is 0. The van der Waals surface area contributed by atoms with Crippen molar-refractivity contribution in [2.24, 2.45) is 0 Å². The Kier molecular flexibility index (Phi) is 4.04. The second kappa shape index (κ2) is 5.36. The molecule has 0 aromatic rings. The van der Waals surface area contributed by atoms with E-state index >= 15 is 0 Å². The van der Waals surface area contributed by atoms with Crippen molar-refractivity contribution >= 4 is 0 Å². The summed E-state index contributed by atoms with van der Waals surface area (Å²) in [7, 11) is 0. The molecule has 0 saturated heterocycles. The average molecular weight is 171 g/mol. The van der Waals surface area contributed by atoms with E-state index < -0.39 is 0 Å². The van der Waals surface area contributed by atoms with E-state index in [0.29, 0.717) is 0 Å². The highest BCUT2D eigenvalue weighted by molar-refractivity contribution is 5.50. The largest absolute Gasteiger partial charge is 0.0985 e. The SMILES string of the molecule is C=CC1=CC(C/C=C/[CH]/C=C/C)=C1. The van der Waals surface area contributed by atoms with Gasteiger partial charge in [0.15, 0.2) is 0 Å². The van der Waals surface area contributed by atoms with Crippen LogP contribution in [-0.4, -0.2) is 0 Å². The standard InChI is InChI=1S/C13H15/c1-3-5-6-7-8-9-13-10-12(4-2)11-13/h3-8,10-11H,2,9H2,1H3/b5-3+,8-7+. The molecule has 0 aromatic heterocycles. The van der Waals surface area contributed by atoms with Gasteiger partial charge in [0.1, 0.15) is 0 Å². The molecule has 0 heteroatoms. The van der Waals surface area contributed by atoms with Gasteiger partial charge < -0.3 is 0 Å². The smallest absolute Gasteiger partial charge is 0.00441 e.